The second-order valence-corrected chi connectivity index (χ2v) is 5.13. The highest BCUT2D eigenvalue weighted by molar-refractivity contribution is 6.31. The first-order chi connectivity index (χ1) is 9.74. The molecule has 3 rings (SSSR count). The van der Waals surface area contributed by atoms with Crippen molar-refractivity contribution >= 4 is 22.6 Å². The Morgan fingerprint density at radius 1 is 1.10 bits per heavy atom. The van der Waals surface area contributed by atoms with Crippen LogP contribution in [-0.4, -0.2) is 17.1 Å². The van der Waals surface area contributed by atoms with Gasteiger partial charge in [-0.1, -0.05) is 23.7 Å². The van der Waals surface area contributed by atoms with Crippen LogP contribution in [0, 0.1) is 0 Å². The van der Waals surface area contributed by atoms with E-state index in [1.54, 1.807) is 7.11 Å². The predicted octanol–water partition coefficient (Wildman–Crippen LogP) is 4.01. The van der Waals surface area contributed by atoms with Crippen LogP contribution in [0.3, 0.4) is 0 Å². The van der Waals surface area contributed by atoms with Gasteiger partial charge in [0.05, 0.1) is 18.1 Å². The van der Waals surface area contributed by atoms with E-state index in [1.165, 1.54) is 5.56 Å². The summed E-state index contributed by atoms with van der Waals surface area (Å²) in [5.41, 5.74) is 3.21. The molecule has 102 valence electrons. The lowest BCUT2D eigenvalue weighted by Gasteiger charge is -2.02. The molecule has 0 aliphatic carbocycles. The number of benzene rings is 2. The maximum Gasteiger partial charge on any atom is 0.118 e. The number of nitrogens with zero attached hydrogens (tertiary/aromatic N) is 1. The number of hydrogen-bond donors (Lipinski definition) is 1. The number of rotatable bonds is 4. The van der Waals surface area contributed by atoms with Crippen molar-refractivity contribution < 1.29 is 4.74 Å². The van der Waals surface area contributed by atoms with E-state index in [4.69, 9.17) is 16.3 Å². The van der Waals surface area contributed by atoms with Crippen LogP contribution in [-0.2, 0) is 12.8 Å². The maximum atomic E-state index is 5.97. The van der Waals surface area contributed by atoms with E-state index >= 15 is 0 Å². The molecular weight excluding hydrogens is 272 g/mol. The van der Waals surface area contributed by atoms with Gasteiger partial charge in [0.25, 0.3) is 0 Å². The van der Waals surface area contributed by atoms with E-state index in [9.17, 15) is 0 Å². The van der Waals surface area contributed by atoms with Crippen molar-refractivity contribution in [3.05, 3.63) is 58.9 Å². The van der Waals surface area contributed by atoms with Gasteiger partial charge in [-0.05, 0) is 42.3 Å². The highest BCUT2D eigenvalue weighted by Crippen LogP contribution is 2.18. The molecule has 1 N–H and O–H groups in total. The molecule has 0 aliphatic rings. The monoisotopic (exact) mass is 286 g/mol. The molecule has 0 atom stereocenters. The number of aromatic amines is 1. The number of halogens is 1. The third-order valence-corrected chi connectivity index (χ3v) is 3.54. The van der Waals surface area contributed by atoms with E-state index in [0.717, 1.165) is 40.5 Å². The summed E-state index contributed by atoms with van der Waals surface area (Å²) < 4.78 is 5.15. The van der Waals surface area contributed by atoms with Gasteiger partial charge in [0.1, 0.15) is 11.6 Å². The molecule has 0 saturated heterocycles. The molecule has 2 aromatic carbocycles. The first kappa shape index (κ1) is 13.0. The van der Waals surface area contributed by atoms with Crippen molar-refractivity contribution in [2.75, 3.05) is 7.11 Å². The minimum Gasteiger partial charge on any atom is -0.497 e. The molecular formula is C16H15ClN2O. The Morgan fingerprint density at radius 2 is 1.90 bits per heavy atom. The fourth-order valence-electron chi connectivity index (χ4n) is 2.21. The molecule has 0 bridgehead atoms. The van der Waals surface area contributed by atoms with Crippen LogP contribution in [0.5, 0.6) is 5.75 Å². The molecule has 0 fully saturated rings. The number of fused-ring (bicyclic) bond motifs is 1. The standard InChI is InChI=1S/C16H15ClN2O/c1-20-13-6-2-11(3-7-13)4-9-16-18-14-8-5-12(17)10-15(14)19-16/h2-3,5-8,10H,4,9H2,1H3,(H,18,19). The number of H-pyrrole nitrogens is 1. The lowest BCUT2D eigenvalue weighted by atomic mass is 10.1. The molecule has 4 heteroatoms. The second kappa shape index (κ2) is 5.55. The lowest BCUT2D eigenvalue weighted by Crippen LogP contribution is -1.93. The van der Waals surface area contributed by atoms with Gasteiger partial charge in [0.15, 0.2) is 0 Å². The largest absolute Gasteiger partial charge is 0.497 e. The Labute approximate surface area is 122 Å². The van der Waals surface area contributed by atoms with E-state index in [0.29, 0.717) is 0 Å². The van der Waals surface area contributed by atoms with Gasteiger partial charge in [-0.3, -0.25) is 0 Å². The van der Waals surface area contributed by atoms with E-state index in [-0.39, 0.29) is 0 Å². The van der Waals surface area contributed by atoms with Crippen LogP contribution in [0.15, 0.2) is 42.5 Å². The zero-order valence-corrected chi connectivity index (χ0v) is 11.9. The quantitative estimate of drug-likeness (QED) is 0.787. The molecule has 0 aliphatic heterocycles. The van der Waals surface area contributed by atoms with Crippen molar-refractivity contribution in [2.45, 2.75) is 12.8 Å². The highest BCUT2D eigenvalue weighted by atomic mass is 35.5. The lowest BCUT2D eigenvalue weighted by molar-refractivity contribution is 0.414. The zero-order valence-electron chi connectivity index (χ0n) is 11.2. The van der Waals surface area contributed by atoms with Gasteiger partial charge in [-0.25, -0.2) is 4.98 Å². The minimum atomic E-state index is 0.725. The third-order valence-electron chi connectivity index (χ3n) is 3.30. The molecule has 1 aromatic heterocycles. The number of ether oxygens (including phenoxy) is 1. The van der Waals surface area contributed by atoms with Gasteiger partial charge < -0.3 is 9.72 Å². The Kier molecular flexibility index (Phi) is 3.61. The third kappa shape index (κ3) is 2.78. The van der Waals surface area contributed by atoms with Crippen LogP contribution in [0.1, 0.15) is 11.4 Å². The van der Waals surface area contributed by atoms with Crippen molar-refractivity contribution in [3.8, 4) is 5.75 Å². The Balaban J connectivity index is 1.72. The number of aromatic nitrogens is 2. The van der Waals surface area contributed by atoms with E-state index in [1.807, 2.05) is 30.3 Å². The highest BCUT2D eigenvalue weighted by Gasteiger charge is 2.04. The summed E-state index contributed by atoms with van der Waals surface area (Å²) in [5.74, 6) is 1.87. The maximum absolute atomic E-state index is 5.97. The fraction of sp³-hybridized carbons (Fsp3) is 0.188. The molecule has 0 amide bonds. The van der Waals surface area contributed by atoms with Gasteiger partial charge in [0.2, 0.25) is 0 Å². The van der Waals surface area contributed by atoms with Crippen LogP contribution >= 0.6 is 11.6 Å². The summed E-state index contributed by atoms with van der Waals surface area (Å²) >= 11 is 5.97. The first-order valence-corrected chi connectivity index (χ1v) is 6.89. The number of methoxy groups -OCH3 is 1. The molecule has 3 aromatic rings. The SMILES string of the molecule is COc1ccc(CCc2nc3ccc(Cl)cc3[nH]2)cc1. The van der Waals surface area contributed by atoms with Gasteiger partial charge >= 0.3 is 0 Å². The summed E-state index contributed by atoms with van der Waals surface area (Å²) in [5, 5.41) is 0.725. The molecule has 0 spiro atoms. The summed E-state index contributed by atoms with van der Waals surface area (Å²) in [6.07, 6.45) is 1.82. The number of hydrogen-bond acceptors (Lipinski definition) is 2. The van der Waals surface area contributed by atoms with Crippen molar-refractivity contribution in [2.24, 2.45) is 0 Å². The molecule has 0 radical (unpaired) electrons. The topological polar surface area (TPSA) is 37.9 Å². The second-order valence-electron chi connectivity index (χ2n) is 4.69. The first-order valence-electron chi connectivity index (χ1n) is 6.52. The molecule has 0 unspecified atom stereocenters. The smallest absolute Gasteiger partial charge is 0.118 e. The Morgan fingerprint density at radius 3 is 2.65 bits per heavy atom. The molecule has 20 heavy (non-hydrogen) atoms. The minimum absolute atomic E-state index is 0.725. The van der Waals surface area contributed by atoms with Crippen LogP contribution in [0.4, 0.5) is 0 Å². The van der Waals surface area contributed by atoms with Gasteiger partial charge in [-0.15, -0.1) is 0 Å². The summed E-state index contributed by atoms with van der Waals surface area (Å²) in [6.45, 7) is 0. The number of nitrogens with one attached hydrogen (secondary N) is 1. The van der Waals surface area contributed by atoms with E-state index in [2.05, 4.69) is 22.1 Å². The zero-order chi connectivity index (χ0) is 13.9. The average molecular weight is 287 g/mol. The van der Waals surface area contributed by atoms with Crippen molar-refractivity contribution in [1.29, 1.82) is 0 Å². The predicted molar refractivity (Wildman–Crippen MR) is 81.5 cm³/mol. The van der Waals surface area contributed by atoms with Crippen LogP contribution in [0.25, 0.3) is 11.0 Å². The van der Waals surface area contributed by atoms with Gasteiger partial charge in [-0.2, -0.15) is 0 Å². The van der Waals surface area contributed by atoms with Crippen LogP contribution in [0.2, 0.25) is 5.02 Å². The molecule has 0 saturated carbocycles. The Bertz CT molecular complexity index is 719. The number of aryl methyl sites for hydroxylation is 2. The molecule has 1 heterocycles. The normalized spacial score (nSPS) is 10.9. The van der Waals surface area contributed by atoms with Crippen LogP contribution < -0.4 is 4.74 Å². The van der Waals surface area contributed by atoms with Crippen molar-refractivity contribution in [1.82, 2.24) is 9.97 Å². The summed E-state index contributed by atoms with van der Waals surface area (Å²) in [7, 11) is 1.68. The molecule has 3 nitrogen and oxygen atoms in total. The Hall–Kier alpha value is -2.00. The number of imidazole rings is 1. The fourth-order valence-corrected chi connectivity index (χ4v) is 2.38. The summed E-state index contributed by atoms with van der Waals surface area (Å²) in [6, 6.07) is 13.8. The van der Waals surface area contributed by atoms with Crippen molar-refractivity contribution in [3.63, 3.8) is 0 Å². The van der Waals surface area contributed by atoms with E-state index < -0.39 is 0 Å². The summed E-state index contributed by atoms with van der Waals surface area (Å²) in [4.78, 5) is 7.87. The van der Waals surface area contributed by atoms with Gasteiger partial charge in [0, 0.05) is 11.4 Å². The average Bonchev–Trinajstić information content (AvgIpc) is 2.87.